The van der Waals surface area contributed by atoms with Crippen LogP contribution < -0.4 is 5.73 Å². The van der Waals surface area contributed by atoms with E-state index in [1.807, 2.05) is 17.9 Å². The average molecular weight is 219 g/mol. The Morgan fingerprint density at radius 1 is 1.44 bits per heavy atom. The van der Waals surface area contributed by atoms with Gasteiger partial charge in [-0.2, -0.15) is 0 Å². The first-order valence-corrected chi connectivity index (χ1v) is 5.63. The van der Waals surface area contributed by atoms with Crippen molar-refractivity contribution in [3.05, 3.63) is 29.6 Å². The number of hydrogen-bond acceptors (Lipinski definition) is 3. The SMILES string of the molecule is Cc1cncc(C(=O)N2CCC(N)CC2)c1. The van der Waals surface area contributed by atoms with E-state index < -0.39 is 0 Å². The number of aryl methyl sites for hydroxylation is 1. The lowest BCUT2D eigenvalue weighted by Crippen LogP contribution is -2.42. The van der Waals surface area contributed by atoms with Gasteiger partial charge in [-0.05, 0) is 31.4 Å². The maximum Gasteiger partial charge on any atom is 0.255 e. The Bertz CT molecular complexity index is 384. The van der Waals surface area contributed by atoms with E-state index in [0.717, 1.165) is 31.5 Å². The summed E-state index contributed by atoms with van der Waals surface area (Å²) in [6, 6.07) is 2.13. The number of carbonyl (C=O) groups excluding carboxylic acids is 1. The molecule has 86 valence electrons. The first-order chi connectivity index (χ1) is 7.66. The molecule has 16 heavy (non-hydrogen) atoms. The summed E-state index contributed by atoms with van der Waals surface area (Å²) in [7, 11) is 0. The monoisotopic (exact) mass is 219 g/mol. The maximum absolute atomic E-state index is 12.1. The lowest BCUT2D eigenvalue weighted by Gasteiger charge is -2.30. The number of amides is 1. The van der Waals surface area contributed by atoms with Crippen molar-refractivity contribution in [2.75, 3.05) is 13.1 Å². The van der Waals surface area contributed by atoms with Gasteiger partial charge in [-0.1, -0.05) is 0 Å². The summed E-state index contributed by atoms with van der Waals surface area (Å²) in [6.45, 7) is 3.46. The lowest BCUT2D eigenvalue weighted by molar-refractivity contribution is 0.0714. The molecule has 1 aliphatic heterocycles. The van der Waals surface area contributed by atoms with Gasteiger partial charge in [0.15, 0.2) is 0 Å². The third-order valence-electron chi connectivity index (χ3n) is 2.95. The molecule has 2 N–H and O–H groups in total. The van der Waals surface area contributed by atoms with Gasteiger partial charge in [0, 0.05) is 31.5 Å². The average Bonchev–Trinajstić information content (AvgIpc) is 2.29. The van der Waals surface area contributed by atoms with Gasteiger partial charge in [0.25, 0.3) is 5.91 Å². The van der Waals surface area contributed by atoms with Gasteiger partial charge in [0.1, 0.15) is 0 Å². The third-order valence-corrected chi connectivity index (χ3v) is 2.95. The zero-order valence-electron chi connectivity index (χ0n) is 9.52. The molecule has 0 atom stereocenters. The van der Waals surface area contributed by atoms with Crippen LogP contribution in [-0.4, -0.2) is 34.9 Å². The Balaban J connectivity index is 2.08. The van der Waals surface area contributed by atoms with E-state index in [2.05, 4.69) is 4.98 Å². The molecule has 1 aromatic heterocycles. The molecule has 1 saturated heterocycles. The van der Waals surface area contributed by atoms with Gasteiger partial charge in [0.2, 0.25) is 0 Å². The van der Waals surface area contributed by atoms with Gasteiger partial charge < -0.3 is 10.6 Å². The molecule has 4 heteroatoms. The molecule has 1 fully saturated rings. The molecular weight excluding hydrogens is 202 g/mol. The highest BCUT2D eigenvalue weighted by molar-refractivity contribution is 5.94. The first kappa shape index (κ1) is 11.1. The number of nitrogens with two attached hydrogens (primary N) is 1. The fourth-order valence-corrected chi connectivity index (χ4v) is 1.96. The zero-order chi connectivity index (χ0) is 11.5. The van der Waals surface area contributed by atoms with E-state index >= 15 is 0 Å². The molecule has 1 aromatic rings. The fourth-order valence-electron chi connectivity index (χ4n) is 1.96. The van der Waals surface area contributed by atoms with Crippen molar-refractivity contribution >= 4 is 5.91 Å². The number of piperidine rings is 1. The molecule has 0 radical (unpaired) electrons. The summed E-state index contributed by atoms with van der Waals surface area (Å²) < 4.78 is 0. The van der Waals surface area contributed by atoms with Crippen LogP contribution in [0.1, 0.15) is 28.8 Å². The lowest BCUT2D eigenvalue weighted by atomic mass is 10.1. The second-order valence-corrected chi connectivity index (χ2v) is 4.38. The van der Waals surface area contributed by atoms with Crippen LogP contribution in [-0.2, 0) is 0 Å². The van der Waals surface area contributed by atoms with E-state index in [0.29, 0.717) is 5.56 Å². The van der Waals surface area contributed by atoms with Crippen molar-refractivity contribution in [3.8, 4) is 0 Å². The quantitative estimate of drug-likeness (QED) is 0.765. The molecule has 0 spiro atoms. The van der Waals surface area contributed by atoms with Crippen molar-refractivity contribution < 1.29 is 4.79 Å². The number of nitrogens with zero attached hydrogens (tertiary/aromatic N) is 2. The second-order valence-electron chi connectivity index (χ2n) is 4.38. The largest absolute Gasteiger partial charge is 0.338 e. The van der Waals surface area contributed by atoms with Crippen molar-refractivity contribution in [1.29, 1.82) is 0 Å². The maximum atomic E-state index is 12.1. The molecule has 0 saturated carbocycles. The predicted octanol–water partition coefficient (Wildman–Crippen LogP) is 0.953. The van der Waals surface area contributed by atoms with E-state index in [1.165, 1.54) is 0 Å². The number of aromatic nitrogens is 1. The highest BCUT2D eigenvalue weighted by Gasteiger charge is 2.21. The van der Waals surface area contributed by atoms with Crippen molar-refractivity contribution in [2.24, 2.45) is 5.73 Å². The van der Waals surface area contributed by atoms with Crippen LogP contribution in [0.3, 0.4) is 0 Å². The number of hydrogen-bond donors (Lipinski definition) is 1. The Kier molecular flexibility index (Phi) is 3.19. The van der Waals surface area contributed by atoms with Crippen LogP contribution in [0.4, 0.5) is 0 Å². The van der Waals surface area contributed by atoms with Crippen molar-refractivity contribution in [2.45, 2.75) is 25.8 Å². The van der Waals surface area contributed by atoms with Crippen LogP contribution in [0, 0.1) is 6.92 Å². The minimum atomic E-state index is 0.0723. The van der Waals surface area contributed by atoms with E-state index in [4.69, 9.17) is 5.73 Å². The molecule has 0 aliphatic carbocycles. The smallest absolute Gasteiger partial charge is 0.255 e. The molecule has 0 bridgehead atoms. The number of likely N-dealkylation sites (tertiary alicyclic amines) is 1. The van der Waals surface area contributed by atoms with Gasteiger partial charge in [0.05, 0.1) is 5.56 Å². The molecule has 4 nitrogen and oxygen atoms in total. The number of carbonyl (C=O) groups is 1. The topological polar surface area (TPSA) is 59.2 Å². The summed E-state index contributed by atoms with van der Waals surface area (Å²) >= 11 is 0. The Morgan fingerprint density at radius 3 is 2.75 bits per heavy atom. The molecule has 0 unspecified atom stereocenters. The molecule has 1 amide bonds. The summed E-state index contributed by atoms with van der Waals surface area (Å²) in [5, 5.41) is 0. The summed E-state index contributed by atoms with van der Waals surface area (Å²) in [4.78, 5) is 18.0. The third kappa shape index (κ3) is 2.39. The van der Waals surface area contributed by atoms with Crippen LogP contribution in [0.2, 0.25) is 0 Å². The molecule has 2 heterocycles. The standard InChI is InChI=1S/C12H17N3O/c1-9-6-10(8-14-7-9)12(16)15-4-2-11(13)3-5-15/h6-8,11H,2-5,13H2,1H3. The fraction of sp³-hybridized carbons (Fsp3) is 0.500. The number of pyridine rings is 1. The first-order valence-electron chi connectivity index (χ1n) is 5.63. The van der Waals surface area contributed by atoms with Gasteiger partial charge in [-0.3, -0.25) is 9.78 Å². The van der Waals surface area contributed by atoms with Crippen LogP contribution >= 0.6 is 0 Å². The summed E-state index contributed by atoms with van der Waals surface area (Å²) in [5.41, 5.74) is 7.50. The molecular formula is C12H17N3O. The van der Waals surface area contributed by atoms with Crippen LogP contribution in [0.15, 0.2) is 18.5 Å². The Morgan fingerprint density at radius 2 is 2.12 bits per heavy atom. The van der Waals surface area contributed by atoms with Crippen LogP contribution in [0.25, 0.3) is 0 Å². The zero-order valence-corrected chi connectivity index (χ0v) is 9.52. The van der Waals surface area contributed by atoms with Gasteiger partial charge in [-0.25, -0.2) is 0 Å². The van der Waals surface area contributed by atoms with E-state index in [1.54, 1.807) is 12.4 Å². The normalized spacial score (nSPS) is 17.5. The van der Waals surface area contributed by atoms with Crippen molar-refractivity contribution in [1.82, 2.24) is 9.88 Å². The molecule has 0 aromatic carbocycles. The van der Waals surface area contributed by atoms with Crippen molar-refractivity contribution in [3.63, 3.8) is 0 Å². The minimum absolute atomic E-state index is 0.0723. The van der Waals surface area contributed by atoms with E-state index in [-0.39, 0.29) is 11.9 Å². The number of rotatable bonds is 1. The highest BCUT2D eigenvalue weighted by Crippen LogP contribution is 2.12. The van der Waals surface area contributed by atoms with Gasteiger partial charge in [-0.15, -0.1) is 0 Å². The molecule has 2 rings (SSSR count). The summed E-state index contributed by atoms with van der Waals surface area (Å²) in [6.07, 6.45) is 5.17. The van der Waals surface area contributed by atoms with Crippen LogP contribution in [0.5, 0.6) is 0 Å². The predicted molar refractivity (Wildman–Crippen MR) is 62.1 cm³/mol. The van der Waals surface area contributed by atoms with Gasteiger partial charge >= 0.3 is 0 Å². The molecule has 1 aliphatic rings. The Labute approximate surface area is 95.5 Å². The van der Waals surface area contributed by atoms with E-state index in [9.17, 15) is 4.79 Å². The second kappa shape index (κ2) is 4.61. The summed E-state index contributed by atoms with van der Waals surface area (Å²) in [5.74, 6) is 0.0723. The highest BCUT2D eigenvalue weighted by atomic mass is 16.2. The Hall–Kier alpha value is -1.42. The minimum Gasteiger partial charge on any atom is -0.338 e.